The summed E-state index contributed by atoms with van der Waals surface area (Å²) in [6, 6.07) is 14.1. The Morgan fingerprint density at radius 1 is 1.00 bits per heavy atom. The van der Waals surface area contributed by atoms with E-state index in [9.17, 15) is 22.9 Å². The van der Waals surface area contributed by atoms with Crippen LogP contribution in [0.25, 0.3) is 0 Å². The first-order valence-corrected chi connectivity index (χ1v) is 10.6. The summed E-state index contributed by atoms with van der Waals surface area (Å²) in [6.45, 7) is 3.64. The Morgan fingerprint density at radius 2 is 1.68 bits per heavy atom. The monoisotopic (exact) mass is 442 g/mol. The molecule has 0 heterocycles. The van der Waals surface area contributed by atoms with Crippen LogP contribution in [-0.2, 0) is 10.0 Å². The van der Waals surface area contributed by atoms with Gasteiger partial charge < -0.3 is 0 Å². The molecule has 0 radical (unpaired) electrons. The molecule has 0 saturated carbocycles. The smallest absolute Gasteiger partial charge is 0.270 e. The molecule has 0 aromatic heterocycles. The number of benzene rings is 3. The van der Waals surface area contributed by atoms with E-state index in [-0.39, 0.29) is 16.3 Å². The number of aryl methyl sites for hydroxylation is 2. The summed E-state index contributed by atoms with van der Waals surface area (Å²) in [7, 11) is -4.18. The maximum atomic E-state index is 13.0. The SMILES string of the molecule is Cc1ccc(NS(=O)(=O)c2cc([N+](=O)[O-])ccc2NN=Cc2ccc(F)cc2)c(C)c1. The van der Waals surface area contributed by atoms with Gasteiger partial charge in [0.25, 0.3) is 15.7 Å². The molecule has 0 unspecified atom stereocenters. The van der Waals surface area contributed by atoms with Crippen molar-refractivity contribution in [2.75, 3.05) is 10.1 Å². The van der Waals surface area contributed by atoms with Crippen LogP contribution in [0.5, 0.6) is 0 Å². The Hall–Kier alpha value is -3.79. The van der Waals surface area contributed by atoms with Gasteiger partial charge in [-0.2, -0.15) is 5.10 Å². The van der Waals surface area contributed by atoms with Crippen LogP contribution < -0.4 is 10.1 Å². The summed E-state index contributed by atoms with van der Waals surface area (Å²) >= 11 is 0. The molecule has 0 aliphatic carbocycles. The molecule has 0 aliphatic rings. The fourth-order valence-corrected chi connectivity index (χ4v) is 4.10. The van der Waals surface area contributed by atoms with E-state index in [1.165, 1.54) is 42.6 Å². The van der Waals surface area contributed by atoms with E-state index in [0.29, 0.717) is 16.8 Å². The first-order chi connectivity index (χ1) is 14.7. The highest BCUT2D eigenvalue weighted by Crippen LogP contribution is 2.29. The van der Waals surface area contributed by atoms with Crippen molar-refractivity contribution in [1.29, 1.82) is 0 Å². The van der Waals surface area contributed by atoms with Crippen LogP contribution in [0.1, 0.15) is 16.7 Å². The van der Waals surface area contributed by atoms with E-state index in [1.54, 1.807) is 19.1 Å². The van der Waals surface area contributed by atoms with Crippen molar-refractivity contribution in [2.24, 2.45) is 5.10 Å². The fourth-order valence-electron chi connectivity index (χ4n) is 2.79. The molecule has 0 atom stereocenters. The zero-order valence-corrected chi connectivity index (χ0v) is 17.5. The summed E-state index contributed by atoms with van der Waals surface area (Å²) in [5, 5.41) is 15.1. The highest BCUT2D eigenvalue weighted by Gasteiger charge is 2.23. The number of nitro groups is 1. The number of anilines is 2. The van der Waals surface area contributed by atoms with Crippen LogP contribution in [-0.4, -0.2) is 19.6 Å². The van der Waals surface area contributed by atoms with Crippen LogP contribution in [0.3, 0.4) is 0 Å². The number of nitrogens with one attached hydrogen (secondary N) is 2. The van der Waals surface area contributed by atoms with Crippen molar-refractivity contribution < 1.29 is 17.7 Å². The molecule has 0 spiro atoms. The summed E-state index contributed by atoms with van der Waals surface area (Å²) < 4.78 is 41.5. The van der Waals surface area contributed by atoms with E-state index in [4.69, 9.17) is 0 Å². The number of non-ortho nitro benzene ring substituents is 1. The third-order valence-electron chi connectivity index (χ3n) is 4.36. The second-order valence-electron chi connectivity index (χ2n) is 6.78. The van der Waals surface area contributed by atoms with Crippen molar-refractivity contribution in [1.82, 2.24) is 0 Å². The fraction of sp³-hybridized carbons (Fsp3) is 0.0952. The molecule has 31 heavy (non-hydrogen) atoms. The molecule has 0 bridgehead atoms. The van der Waals surface area contributed by atoms with Gasteiger partial charge in [-0.25, -0.2) is 12.8 Å². The zero-order chi connectivity index (χ0) is 22.6. The standard InChI is InChI=1S/C21H19FN4O4S/c1-14-3-9-19(15(2)11-14)25-31(29,30)21-12-18(26(27)28)8-10-20(21)24-23-13-16-4-6-17(22)7-5-16/h3-13,24-25H,1-2H3. The van der Waals surface area contributed by atoms with Crippen molar-refractivity contribution in [3.63, 3.8) is 0 Å². The molecule has 3 aromatic carbocycles. The maximum Gasteiger partial charge on any atom is 0.270 e. The Balaban J connectivity index is 1.95. The number of rotatable bonds is 7. The molecular formula is C21H19FN4O4S. The summed E-state index contributed by atoms with van der Waals surface area (Å²) in [5.74, 6) is -0.397. The lowest BCUT2D eigenvalue weighted by atomic mass is 10.1. The maximum absolute atomic E-state index is 13.0. The molecule has 8 nitrogen and oxygen atoms in total. The molecule has 0 saturated heterocycles. The van der Waals surface area contributed by atoms with Gasteiger partial charge in [0.15, 0.2) is 0 Å². The van der Waals surface area contributed by atoms with Crippen molar-refractivity contribution in [3.8, 4) is 0 Å². The largest absolute Gasteiger partial charge is 0.279 e. The number of hydrogen-bond donors (Lipinski definition) is 2. The number of nitro benzene ring substituents is 1. The van der Waals surface area contributed by atoms with Crippen LogP contribution in [0.2, 0.25) is 0 Å². The number of hydrazone groups is 1. The van der Waals surface area contributed by atoms with Gasteiger partial charge in [0.2, 0.25) is 0 Å². The van der Waals surface area contributed by atoms with Gasteiger partial charge in [-0.15, -0.1) is 0 Å². The molecule has 3 rings (SSSR count). The number of nitrogens with zero attached hydrogens (tertiary/aromatic N) is 2. The van der Waals surface area contributed by atoms with E-state index < -0.39 is 20.8 Å². The zero-order valence-electron chi connectivity index (χ0n) is 16.7. The van der Waals surface area contributed by atoms with E-state index >= 15 is 0 Å². The highest BCUT2D eigenvalue weighted by atomic mass is 32.2. The lowest BCUT2D eigenvalue weighted by Crippen LogP contribution is -2.16. The van der Waals surface area contributed by atoms with E-state index in [1.807, 2.05) is 13.0 Å². The first kappa shape index (κ1) is 21.9. The molecule has 0 aliphatic heterocycles. The quantitative estimate of drug-likeness (QED) is 0.315. The lowest BCUT2D eigenvalue weighted by Gasteiger charge is -2.14. The summed E-state index contributed by atoms with van der Waals surface area (Å²) in [5.41, 5.74) is 4.86. The topological polar surface area (TPSA) is 114 Å². The van der Waals surface area contributed by atoms with Gasteiger partial charge in [0.1, 0.15) is 10.7 Å². The molecule has 0 fully saturated rings. The van der Waals surface area contributed by atoms with Crippen LogP contribution in [0, 0.1) is 29.8 Å². The molecule has 2 N–H and O–H groups in total. The lowest BCUT2D eigenvalue weighted by molar-refractivity contribution is -0.385. The minimum Gasteiger partial charge on any atom is -0.279 e. The van der Waals surface area contributed by atoms with E-state index in [0.717, 1.165) is 11.6 Å². The molecular weight excluding hydrogens is 423 g/mol. The van der Waals surface area contributed by atoms with Gasteiger partial charge in [0, 0.05) is 12.1 Å². The Bertz CT molecular complexity index is 1260. The van der Waals surface area contributed by atoms with E-state index in [2.05, 4.69) is 15.2 Å². The molecule has 3 aromatic rings. The number of sulfonamides is 1. The van der Waals surface area contributed by atoms with Crippen molar-refractivity contribution in [3.05, 3.63) is 93.3 Å². The number of halogens is 1. The second kappa shape index (κ2) is 8.92. The Morgan fingerprint density at radius 3 is 2.32 bits per heavy atom. The van der Waals surface area contributed by atoms with Crippen molar-refractivity contribution >= 4 is 33.3 Å². The third-order valence-corrected chi connectivity index (χ3v) is 5.77. The molecule has 10 heteroatoms. The van der Waals surface area contributed by atoms with Gasteiger partial charge in [0.05, 0.1) is 22.5 Å². The number of hydrogen-bond acceptors (Lipinski definition) is 6. The van der Waals surface area contributed by atoms with Crippen LogP contribution >= 0.6 is 0 Å². The third kappa shape index (κ3) is 5.43. The Labute approximate surface area is 178 Å². The minimum absolute atomic E-state index is 0.0428. The normalized spacial score (nSPS) is 11.5. The molecule has 0 amide bonds. The predicted molar refractivity (Wildman–Crippen MR) is 117 cm³/mol. The van der Waals surface area contributed by atoms with Crippen LogP contribution in [0.4, 0.5) is 21.5 Å². The average molecular weight is 442 g/mol. The summed E-state index contributed by atoms with van der Waals surface area (Å²) in [6.07, 6.45) is 1.37. The van der Waals surface area contributed by atoms with Crippen LogP contribution in [0.15, 0.2) is 70.7 Å². The predicted octanol–water partition coefficient (Wildman–Crippen LogP) is 4.60. The minimum atomic E-state index is -4.18. The van der Waals surface area contributed by atoms with Gasteiger partial charge >= 0.3 is 0 Å². The second-order valence-corrected chi connectivity index (χ2v) is 8.43. The van der Waals surface area contributed by atoms with Gasteiger partial charge in [-0.05, 0) is 49.2 Å². The first-order valence-electron chi connectivity index (χ1n) is 9.09. The van der Waals surface area contributed by atoms with Gasteiger partial charge in [-0.1, -0.05) is 29.8 Å². The van der Waals surface area contributed by atoms with Crippen molar-refractivity contribution in [2.45, 2.75) is 18.7 Å². The van der Waals surface area contributed by atoms with Gasteiger partial charge in [-0.3, -0.25) is 20.3 Å². The Kier molecular flexibility index (Phi) is 6.30. The molecule has 160 valence electrons. The highest BCUT2D eigenvalue weighted by molar-refractivity contribution is 7.92. The summed E-state index contributed by atoms with van der Waals surface area (Å²) in [4.78, 5) is 10.2. The average Bonchev–Trinajstić information content (AvgIpc) is 2.71.